The van der Waals surface area contributed by atoms with Gasteiger partial charge in [-0.2, -0.15) is 0 Å². The van der Waals surface area contributed by atoms with Crippen molar-refractivity contribution in [1.29, 1.82) is 0 Å². The van der Waals surface area contributed by atoms with Gasteiger partial charge in [-0.3, -0.25) is 0 Å². The number of oxazole rings is 1. The largest absolute Gasteiger partial charge is 0.439 e. The Hall–Kier alpha value is -2.69. The SMILES string of the molecule is CC/C=C\CC.C[N+](C)(CCOCc1ccccc1)Cc1cnc(C(c2ccccc2)C2CCCCC2)o1. The van der Waals surface area contributed by atoms with Gasteiger partial charge in [0, 0.05) is 0 Å². The monoisotopic (exact) mass is 517 g/mol. The third-order valence-electron chi connectivity index (χ3n) is 7.29. The molecule has 1 aliphatic rings. The maximum Gasteiger partial charge on any atom is 0.202 e. The molecule has 2 aromatic carbocycles. The Morgan fingerprint density at radius 1 is 0.921 bits per heavy atom. The Labute approximate surface area is 231 Å². The highest BCUT2D eigenvalue weighted by atomic mass is 16.5. The minimum Gasteiger partial charge on any atom is -0.439 e. The molecule has 1 aliphatic carbocycles. The van der Waals surface area contributed by atoms with E-state index in [0.717, 1.165) is 35.8 Å². The van der Waals surface area contributed by atoms with Crippen molar-refractivity contribution < 1.29 is 13.6 Å². The number of quaternary nitrogens is 1. The van der Waals surface area contributed by atoms with Crippen LogP contribution < -0.4 is 0 Å². The lowest BCUT2D eigenvalue weighted by atomic mass is 9.77. The fourth-order valence-corrected chi connectivity index (χ4v) is 5.19. The van der Waals surface area contributed by atoms with Crippen molar-refractivity contribution in [3.05, 3.63) is 102 Å². The number of benzene rings is 2. The van der Waals surface area contributed by atoms with Gasteiger partial charge in [-0.15, -0.1) is 0 Å². The van der Waals surface area contributed by atoms with Crippen LogP contribution in [0.4, 0.5) is 0 Å². The van der Waals surface area contributed by atoms with Gasteiger partial charge in [-0.25, -0.2) is 4.98 Å². The predicted molar refractivity (Wildman–Crippen MR) is 158 cm³/mol. The van der Waals surface area contributed by atoms with Crippen molar-refractivity contribution >= 4 is 0 Å². The molecule has 1 unspecified atom stereocenters. The fourth-order valence-electron chi connectivity index (χ4n) is 5.19. The molecule has 1 saturated carbocycles. The Balaban J connectivity index is 0.000000599. The zero-order valence-corrected chi connectivity index (χ0v) is 24.1. The molecule has 0 bridgehead atoms. The molecule has 0 spiro atoms. The van der Waals surface area contributed by atoms with E-state index in [9.17, 15) is 0 Å². The molecule has 206 valence electrons. The molecular weight excluding hydrogens is 468 g/mol. The molecule has 0 aliphatic heterocycles. The number of hydrogen-bond donors (Lipinski definition) is 0. The van der Waals surface area contributed by atoms with Crippen LogP contribution in [0.3, 0.4) is 0 Å². The highest BCUT2D eigenvalue weighted by Crippen LogP contribution is 2.40. The number of allylic oxidation sites excluding steroid dienone is 2. The predicted octanol–water partition coefficient (Wildman–Crippen LogP) is 8.54. The average molecular weight is 518 g/mol. The van der Waals surface area contributed by atoms with Gasteiger partial charge in [0.05, 0.1) is 39.4 Å². The van der Waals surface area contributed by atoms with Gasteiger partial charge in [-0.05, 0) is 42.7 Å². The summed E-state index contributed by atoms with van der Waals surface area (Å²) in [4.78, 5) is 4.78. The molecule has 38 heavy (non-hydrogen) atoms. The lowest BCUT2D eigenvalue weighted by molar-refractivity contribution is -0.905. The fraction of sp³-hybridized carbons (Fsp3) is 0.500. The highest BCUT2D eigenvalue weighted by molar-refractivity contribution is 5.26. The van der Waals surface area contributed by atoms with Crippen LogP contribution in [-0.4, -0.2) is 36.7 Å². The van der Waals surface area contributed by atoms with E-state index in [1.165, 1.54) is 56.1 Å². The topological polar surface area (TPSA) is 35.3 Å². The number of hydrogen-bond acceptors (Lipinski definition) is 3. The number of aromatic nitrogens is 1. The minimum absolute atomic E-state index is 0.259. The second-order valence-electron chi connectivity index (χ2n) is 11.1. The molecule has 1 atom stereocenters. The van der Waals surface area contributed by atoms with Crippen LogP contribution in [0.25, 0.3) is 0 Å². The van der Waals surface area contributed by atoms with Crippen LogP contribution in [0.2, 0.25) is 0 Å². The van der Waals surface area contributed by atoms with Gasteiger partial charge in [0.25, 0.3) is 0 Å². The van der Waals surface area contributed by atoms with E-state index >= 15 is 0 Å². The molecule has 1 aromatic heterocycles. The van der Waals surface area contributed by atoms with Crippen LogP contribution in [0.5, 0.6) is 0 Å². The van der Waals surface area contributed by atoms with E-state index < -0.39 is 0 Å². The van der Waals surface area contributed by atoms with Crippen LogP contribution in [0.1, 0.15) is 87.5 Å². The first-order valence-electron chi connectivity index (χ1n) is 14.6. The zero-order valence-electron chi connectivity index (χ0n) is 24.1. The number of nitrogens with zero attached hydrogens (tertiary/aromatic N) is 2. The summed E-state index contributed by atoms with van der Waals surface area (Å²) in [6, 6.07) is 21.1. The summed E-state index contributed by atoms with van der Waals surface area (Å²) in [5, 5.41) is 0. The maximum atomic E-state index is 6.40. The van der Waals surface area contributed by atoms with Crippen molar-refractivity contribution in [2.75, 3.05) is 27.2 Å². The van der Waals surface area contributed by atoms with Gasteiger partial charge in [0.2, 0.25) is 5.89 Å². The lowest BCUT2D eigenvalue weighted by Gasteiger charge is -2.29. The number of rotatable bonds is 12. The Kier molecular flexibility index (Phi) is 12.8. The van der Waals surface area contributed by atoms with Crippen molar-refractivity contribution in [2.45, 2.75) is 77.9 Å². The zero-order chi connectivity index (χ0) is 27.1. The summed E-state index contributed by atoms with van der Waals surface area (Å²) in [5.41, 5.74) is 2.54. The van der Waals surface area contributed by atoms with Crippen molar-refractivity contribution in [3.63, 3.8) is 0 Å². The molecule has 4 nitrogen and oxygen atoms in total. The van der Waals surface area contributed by atoms with E-state index in [1.54, 1.807) is 0 Å². The van der Waals surface area contributed by atoms with Crippen molar-refractivity contribution in [2.24, 2.45) is 5.92 Å². The van der Waals surface area contributed by atoms with E-state index in [1.807, 2.05) is 12.3 Å². The molecular formula is C34H49N2O2+. The van der Waals surface area contributed by atoms with E-state index in [2.05, 4.69) is 94.7 Å². The summed E-state index contributed by atoms with van der Waals surface area (Å²) in [5.74, 6) is 2.73. The Morgan fingerprint density at radius 3 is 2.18 bits per heavy atom. The van der Waals surface area contributed by atoms with Gasteiger partial charge >= 0.3 is 0 Å². The maximum absolute atomic E-state index is 6.40. The molecule has 4 rings (SSSR count). The smallest absolute Gasteiger partial charge is 0.202 e. The normalized spacial score (nSPS) is 15.3. The molecule has 4 heteroatoms. The van der Waals surface area contributed by atoms with Crippen molar-refractivity contribution in [1.82, 2.24) is 4.98 Å². The Bertz CT molecular complexity index is 1030. The van der Waals surface area contributed by atoms with E-state index in [-0.39, 0.29) is 5.92 Å². The molecule has 0 saturated heterocycles. The Morgan fingerprint density at radius 2 is 1.55 bits per heavy atom. The number of likely N-dealkylation sites (N-methyl/N-ethyl adjacent to an activating group) is 1. The van der Waals surface area contributed by atoms with Crippen LogP contribution >= 0.6 is 0 Å². The minimum atomic E-state index is 0.259. The lowest BCUT2D eigenvalue weighted by Crippen LogP contribution is -2.41. The van der Waals surface area contributed by atoms with E-state index in [4.69, 9.17) is 14.1 Å². The highest BCUT2D eigenvalue weighted by Gasteiger charge is 2.31. The van der Waals surface area contributed by atoms with Crippen LogP contribution in [0.15, 0.2) is 83.4 Å². The standard InChI is InChI=1S/C28H37N2O2.C6H12/c1-30(2,18-19-31-22-23-12-6-3-7-13-23)21-26-20-29-28(32-26)27(24-14-8-4-9-15-24)25-16-10-5-11-17-25;1-3-5-6-4-2/h3-4,6-9,12-15,20,25,27H,5,10-11,16-19,21-22H2,1-2H3;5-6H,3-4H2,1-2H3/q+1;/b;6-5-. The molecule has 0 N–H and O–H groups in total. The first-order valence-corrected chi connectivity index (χ1v) is 14.6. The summed E-state index contributed by atoms with van der Waals surface area (Å²) < 4.78 is 13.1. The van der Waals surface area contributed by atoms with Gasteiger partial charge < -0.3 is 13.6 Å². The van der Waals surface area contributed by atoms with Gasteiger partial charge in [0.15, 0.2) is 5.76 Å². The van der Waals surface area contributed by atoms with Crippen LogP contribution in [-0.2, 0) is 17.9 Å². The summed E-state index contributed by atoms with van der Waals surface area (Å²) in [6.45, 7) is 7.41. The molecule has 1 heterocycles. The summed E-state index contributed by atoms with van der Waals surface area (Å²) >= 11 is 0. The van der Waals surface area contributed by atoms with Crippen LogP contribution in [0, 0.1) is 5.92 Å². The molecule has 1 fully saturated rings. The van der Waals surface area contributed by atoms with E-state index in [0.29, 0.717) is 12.5 Å². The first-order chi connectivity index (χ1) is 18.5. The first kappa shape index (κ1) is 29.9. The molecule has 3 aromatic rings. The third-order valence-corrected chi connectivity index (χ3v) is 7.29. The molecule has 0 amide bonds. The van der Waals surface area contributed by atoms with Gasteiger partial charge in [0.1, 0.15) is 13.1 Å². The number of ether oxygens (including phenoxy) is 1. The summed E-state index contributed by atoms with van der Waals surface area (Å²) in [7, 11) is 4.45. The second-order valence-corrected chi connectivity index (χ2v) is 11.1. The van der Waals surface area contributed by atoms with Crippen molar-refractivity contribution in [3.8, 4) is 0 Å². The quantitative estimate of drug-likeness (QED) is 0.137. The van der Waals surface area contributed by atoms with Gasteiger partial charge in [-0.1, -0.05) is 106 Å². The second kappa shape index (κ2) is 16.3. The average Bonchev–Trinajstić information content (AvgIpc) is 3.39. The third kappa shape index (κ3) is 10.2. The molecule has 0 radical (unpaired) electrons. The summed E-state index contributed by atoms with van der Waals surface area (Å²) in [6.07, 6.45) is 15.2.